The van der Waals surface area contributed by atoms with E-state index in [9.17, 15) is 9.59 Å². The Morgan fingerprint density at radius 2 is 2.06 bits per heavy atom. The Kier molecular flexibility index (Phi) is 5.56. The van der Waals surface area contributed by atoms with Crippen molar-refractivity contribution in [1.29, 1.82) is 0 Å². The minimum atomic E-state index is -0.777. The van der Waals surface area contributed by atoms with Crippen LogP contribution in [0.25, 0.3) is 0 Å². The topological polar surface area (TPSA) is 66.4 Å². The maximum absolute atomic E-state index is 11.0. The molecule has 0 aliphatic rings. The Labute approximate surface area is 104 Å². The molecule has 0 aliphatic carbocycles. The normalized spacial score (nSPS) is 9.94. The zero-order valence-electron chi connectivity index (χ0n) is 9.60. The molecule has 4 nitrogen and oxygen atoms in total. The van der Waals surface area contributed by atoms with Crippen LogP contribution in [0.5, 0.6) is 0 Å². The number of aliphatic carboxylic acids is 1. The van der Waals surface area contributed by atoms with Crippen molar-refractivity contribution >= 4 is 29.3 Å². The Morgan fingerprint density at radius 1 is 1.35 bits per heavy atom. The van der Waals surface area contributed by atoms with E-state index in [0.717, 1.165) is 16.3 Å². The molecule has 0 unspecified atom stereocenters. The zero-order chi connectivity index (χ0) is 12.7. The van der Waals surface area contributed by atoms with Crippen LogP contribution in [-0.2, 0) is 9.59 Å². The molecule has 0 saturated heterocycles. The lowest BCUT2D eigenvalue weighted by Gasteiger charge is -2.08. The molecule has 0 spiro atoms. The highest BCUT2D eigenvalue weighted by Crippen LogP contribution is 2.27. The van der Waals surface area contributed by atoms with Gasteiger partial charge in [-0.2, -0.15) is 0 Å². The van der Waals surface area contributed by atoms with Crippen molar-refractivity contribution < 1.29 is 14.7 Å². The van der Waals surface area contributed by atoms with Gasteiger partial charge < -0.3 is 10.4 Å². The third-order valence-electron chi connectivity index (χ3n) is 1.99. The summed E-state index contributed by atoms with van der Waals surface area (Å²) in [7, 11) is 0. The van der Waals surface area contributed by atoms with E-state index in [1.807, 2.05) is 24.3 Å². The minimum absolute atomic E-state index is 0.108. The summed E-state index contributed by atoms with van der Waals surface area (Å²) in [6, 6.07) is 7.50. The highest BCUT2D eigenvalue weighted by Gasteiger charge is 2.04. The van der Waals surface area contributed by atoms with Crippen molar-refractivity contribution in [2.45, 2.75) is 24.7 Å². The molecule has 0 aromatic heterocycles. The number of carbonyl (C=O) groups excluding carboxylic acids is 1. The molecule has 92 valence electrons. The first-order chi connectivity index (χ1) is 8.09. The molecule has 1 aromatic carbocycles. The molecule has 0 radical (unpaired) electrons. The van der Waals surface area contributed by atoms with Gasteiger partial charge in [0.2, 0.25) is 5.91 Å². The van der Waals surface area contributed by atoms with E-state index in [1.165, 1.54) is 6.92 Å². The van der Waals surface area contributed by atoms with E-state index in [-0.39, 0.29) is 12.3 Å². The summed E-state index contributed by atoms with van der Waals surface area (Å²) in [5, 5.41) is 11.3. The maximum Gasteiger partial charge on any atom is 0.303 e. The maximum atomic E-state index is 11.0. The van der Waals surface area contributed by atoms with E-state index in [1.54, 1.807) is 11.8 Å². The van der Waals surface area contributed by atoms with Crippen LogP contribution < -0.4 is 5.32 Å². The fourth-order valence-corrected chi connectivity index (χ4v) is 2.25. The molecule has 17 heavy (non-hydrogen) atoms. The summed E-state index contributed by atoms with van der Waals surface area (Å²) in [5.74, 6) is -0.160. The number of carboxylic acid groups (broad SMARTS) is 1. The molecule has 1 aromatic rings. The molecular weight excluding hydrogens is 238 g/mol. The summed E-state index contributed by atoms with van der Waals surface area (Å²) in [5.41, 5.74) is 0.778. The monoisotopic (exact) mass is 253 g/mol. The van der Waals surface area contributed by atoms with E-state index in [0.29, 0.717) is 6.42 Å². The molecule has 1 amide bonds. The lowest BCUT2D eigenvalue weighted by atomic mass is 10.3. The van der Waals surface area contributed by atoms with Gasteiger partial charge in [-0.25, -0.2) is 0 Å². The minimum Gasteiger partial charge on any atom is -0.481 e. The summed E-state index contributed by atoms with van der Waals surface area (Å²) in [6.07, 6.45) is 0.795. The number of amides is 1. The predicted molar refractivity (Wildman–Crippen MR) is 68.3 cm³/mol. The smallest absolute Gasteiger partial charge is 0.303 e. The van der Waals surface area contributed by atoms with Gasteiger partial charge >= 0.3 is 5.97 Å². The molecule has 5 heteroatoms. The van der Waals surface area contributed by atoms with Gasteiger partial charge in [-0.05, 0) is 24.3 Å². The van der Waals surface area contributed by atoms with E-state index >= 15 is 0 Å². The number of rotatable bonds is 6. The van der Waals surface area contributed by atoms with Crippen molar-refractivity contribution in [1.82, 2.24) is 0 Å². The molecule has 0 fully saturated rings. The number of carboxylic acids is 1. The quantitative estimate of drug-likeness (QED) is 0.604. The highest BCUT2D eigenvalue weighted by atomic mass is 32.2. The Hall–Kier alpha value is -1.49. The number of carbonyl (C=O) groups is 2. The molecule has 1 rings (SSSR count). The molecular formula is C12H15NO3S. The van der Waals surface area contributed by atoms with Crippen LogP contribution >= 0.6 is 11.8 Å². The first kappa shape index (κ1) is 13.6. The van der Waals surface area contributed by atoms with Crippen molar-refractivity contribution in [3.05, 3.63) is 24.3 Å². The second kappa shape index (κ2) is 6.96. The SMILES string of the molecule is CC(=O)Nc1ccccc1SCCCC(=O)O. The summed E-state index contributed by atoms with van der Waals surface area (Å²) in [6.45, 7) is 1.46. The lowest BCUT2D eigenvalue weighted by molar-refractivity contribution is -0.137. The van der Waals surface area contributed by atoms with E-state index in [4.69, 9.17) is 5.11 Å². The molecule has 0 saturated carbocycles. The van der Waals surface area contributed by atoms with Crippen LogP contribution in [0.3, 0.4) is 0 Å². The van der Waals surface area contributed by atoms with Crippen molar-refractivity contribution in [2.75, 3.05) is 11.1 Å². The first-order valence-corrected chi connectivity index (χ1v) is 6.29. The van der Waals surface area contributed by atoms with Crippen molar-refractivity contribution in [3.63, 3.8) is 0 Å². The molecule has 0 heterocycles. The summed E-state index contributed by atoms with van der Waals surface area (Å²) in [4.78, 5) is 22.3. The number of nitrogens with one attached hydrogen (secondary N) is 1. The van der Waals surface area contributed by atoms with Crippen LogP contribution in [0.1, 0.15) is 19.8 Å². The largest absolute Gasteiger partial charge is 0.481 e. The summed E-state index contributed by atoms with van der Waals surface area (Å²) >= 11 is 1.55. The average molecular weight is 253 g/mol. The zero-order valence-corrected chi connectivity index (χ0v) is 10.4. The third-order valence-corrected chi connectivity index (χ3v) is 3.15. The first-order valence-electron chi connectivity index (χ1n) is 5.31. The second-order valence-electron chi connectivity index (χ2n) is 3.52. The van der Waals surface area contributed by atoms with Crippen LogP contribution in [0.15, 0.2) is 29.2 Å². The Balaban J connectivity index is 2.51. The lowest BCUT2D eigenvalue weighted by Crippen LogP contribution is -2.06. The number of hydrogen-bond acceptors (Lipinski definition) is 3. The second-order valence-corrected chi connectivity index (χ2v) is 4.66. The fraction of sp³-hybridized carbons (Fsp3) is 0.333. The van der Waals surface area contributed by atoms with Crippen molar-refractivity contribution in [3.8, 4) is 0 Å². The standard InChI is InChI=1S/C12H15NO3S/c1-9(14)13-10-5-2-3-6-11(10)17-8-4-7-12(15)16/h2-3,5-6H,4,7-8H2,1H3,(H,13,14)(H,15,16). The van der Waals surface area contributed by atoms with Gasteiger partial charge in [-0.1, -0.05) is 12.1 Å². The summed E-state index contributed by atoms with van der Waals surface area (Å²) < 4.78 is 0. The van der Waals surface area contributed by atoms with Crippen LogP contribution in [0, 0.1) is 0 Å². The molecule has 0 bridgehead atoms. The van der Waals surface area contributed by atoms with E-state index in [2.05, 4.69) is 5.32 Å². The van der Waals surface area contributed by atoms with Gasteiger partial charge in [0.25, 0.3) is 0 Å². The Bertz CT molecular complexity index is 406. The number of thioether (sulfide) groups is 1. The van der Waals surface area contributed by atoms with Crippen LogP contribution in [0.2, 0.25) is 0 Å². The van der Waals surface area contributed by atoms with Crippen LogP contribution in [-0.4, -0.2) is 22.7 Å². The van der Waals surface area contributed by atoms with Gasteiger partial charge in [0.05, 0.1) is 5.69 Å². The number of para-hydroxylation sites is 1. The number of anilines is 1. The van der Waals surface area contributed by atoms with Gasteiger partial charge in [-0.3, -0.25) is 9.59 Å². The third kappa shape index (κ3) is 5.40. The van der Waals surface area contributed by atoms with Gasteiger partial charge in [0.1, 0.15) is 0 Å². The number of benzene rings is 1. The molecule has 0 aliphatic heterocycles. The number of hydrogen-bond donors (Lipinski definition) is 2. The Morgan fingerprint density at radius 3 is 2.71 bits per heavy atom. The van der Waals surface area contributed by atoms with Gasteiger partial charge in [0.15, 0.2) is 0 Å². The average Bonchev–Trinajstić information content (AvgIpc) is 2.25. The van der Waals surface area contributed by atoms with Crippen LogP contribution in [0.4, 0.5) is 5.69 Å². The van der Waals surface area contributed by atoms with E-state index < -0.39 is 5.97 Å². The molecule has 2 N–H and O–H groups in total. The van der Waals surface area contributed by atoms with Gasteiger partial charge in [0, 0.05) is 18.2 Å². The van der Waals surface area contributed by atoms with Gasteiger partial charge in [-0.15, -0.1) is 11.8 Å². The highest BCUT2D eigenvalue weighted by molar-refractivity contribution is 7.99. The van der Waals surface area contributed by atoms with Crippen molar-refractivity contribution in [2.24, 2.45) is 0 Å². The fourth-order valence-electron chi connectivity index (χ4n) is 1.29. The predicted octanol–water partition coefficient (Wildman–Crippen LogP) is 2.60. The molecule has 0 atom stereocenters.